The molecular weight excluding hydrogens is 262 g/mol. The topological polar surface area (TPSA) is 53.1 Å². The summed E-state index contributed by atoms with van der Waals surface area (Å²) < 4.78 is 7.48. The van der Waals surface area contributed by atoms with Gasteiger partial charge in [0.1, 0.15) is 5.75 Å². The minimum Gasteiger partial charge on any atom is -0.494 e. The summed E-state index contributed by atoms with van der Waals surface area (Å²) in [6.07, 6.45) is 1.01. The van der Waals surface area contributed by atoms with Crippen LogP contribution in [0, 0.1) is 13.8 Å². The summed E-state index contributed by atoms with van der Waals surface area (Å²) in [6.45, 7) is 9.69. The number of rotatable bonds is 6. The van der Waals surface area contributed by atoms with Gasteiger partial charge in [-0.25, -0.2) is 0 Å². The molecule has 21 heavy (non-hydrogen) atoms. The van der Waals surface area contributed by atoms with Gasteiger partial charge < -0.3 is 10.5 Å². The van der Waals surface area contributed by atoms with Crippen molar-refractivity contribution in [3.63, 3.8) is 0 Å². The third-order valence-corrected chi connectivity index (χ3v) is 3.87. The van der Waals surface area contributed by atoms with E-state index in [0.717, 1.165) is 23.4 Å². The fourth-order valence-corrected chi connectivity index (χ4v) is 2.69. The van der Waals surface area contributed by atoms with Crippen LogP contribution in [0.4, 0.5) is 0 Å². The van der Waals surface area contributed by atoms with Gasteiger partial charge in [-0.2, -0.15) is 5.10 Å². The molecule has 114 valence electrons. The summed E-state index contributed by atoms with van der Waals surface area (Å²) >= 11 is 0. The minimum absolute atomic E-state index is 0.0663. The first-order chi connectivity index (χ1) is 10.1. The van der Waals surface area contributed by atoms with Crippen LogP contribution in [0.15, 0.2) is 24.3 Å². The van der Waals surface area contributed by atoms with E-state index in [4.69, 9.17) is 10.5 Å². The quantitative estimate of drug-likeness (QED) is 0.888. The number of hydrogen-bond acceptors (Lipinski definition) is 3. The number of ether oxygens (including phenoxy) is 1. The molecular formula is C17H25N3O. The van der Waals surface area contributed by atoms with E-state index in [2.05, 4.69) is 25.9 Å². The fraction of sp³-hybridized carbons (Fsp3) is 0.471. The number of nitrogens with zero attached hydrogens (tertiary/aromatic N) is 2. The molecule has 1 aromatic heterocycles. The van der Waals surface area contributed by atoms with Crippen molar-refractivity contribution in [2.45, 2.75) is 46.7 Å². The SMILES string of the molecule is CCOc1ccc(C(N)Cn2nc(C)c(CC)c2C)cc1. The molecule has 0 aliphatic heterocycles. The lowest BCUT2D eigenvalue weighted by molar-refractivity contribution is 0.340. The molecule has 0 aliphatic carbocycles. The van der Waals surface area contributed by atoms with Crippen molar-refractivity contribution >= 4 is 0 Å². The Bertz CT molecular complexity index is 587. The molecule has 1 unspecified atom stereocenters. The van der Waals surface area contributed by atoms with Crippen LogP contribution in [0.1, 0.15) is 42.4 Å². The zero-order valence-corrected chi connectivity index (χ0v) is 13.4. The Labute approximate surface area is 126 Å². The third kappa shape index (κ3) is 3.45. The molecule has 2 N–H and O–H groups in total. The third-order valence-electron chi connectivity index (χ3n) is 3.87. The molecule has 1 heterocycles. The van der Waals surface area contributed by atoms with Crippen molar-refractivity contribution < 1.29 is 4.74 Å². The molecule has 2 aromatic rings. The molecule has 0 saturated heterocycles. The van der Waals surface area contributed by atoms with Gasteiger partial charge in [0, 0.05) is 11.7 Å². The Morgan fingerprint density at radius 3 is 2.38 bits per heavy atom. The van der Waals surface area contributed by atoms with Crippen molar-refractivity contribution in [3.05, 3.63) is 46.8 Å². The lowest BCUT2D eigenvalue weighted by atomic mass is 10.1. The van der Waals surface area contributed by atoms with Crippen molar-refractivity contribution in [2.24, 2.45) is 5.73 Å². The number of nitrogens with two attached hydrogens (primary N) is 1. The molecule has 0 saturated carbocycles. The number of benzene rings is 1. The molecule has 0 bridgehead atoms. The van der Waals surface area contributed by atoms with E-state index >= 15 is 0 Å². The van der Waals surface area contributed by atoms with E-state index < -0.39 is 0 Å². The molecule has 0 radical (unpaired) electrons. The van der Waals surface area contributed by atoms with Gasteiger partial charge in [0.2, 0.25) is 0 Å². The van der Waals surface area contributed by atoms with E-state index in [9.17, 15) is 0 Å². The Hall–Kier alpha value is -1.81. The van der Waals surface area contributed by atoms with Crippen molar-refractivity contribution in [2.75, 3.05) is 6.61 Å². The first-order valence-electron chi connectivity index (χ1n) is 7.58. The maximum atomic E-state index is 6.32. The highest BCUT2D eigenvalue weighted by molar-refractivity contribution is 5.29. The van der Waals surface area contributed by atoms with Crippen LogP contribution >= 0.6 is 0 Å². The highest BCUT2D eigenvalue weighted by atomic mass is 16.5. The van der Waals surface area contributed by atoms with Crippen LogP contribution in [0.5, 0.6) is 5.75 Å². The average Bonchev–Trinajstić information content (AvgIpc) is 2.74. The predicted molar refractivity (Wildman–Crippen MR) is 85.6 cm³/mol. The Morgan fingerprint density at radius 2 is 1.86 bits per heavy atom. The highest BCUT2D eigenvalue weighted by Gasteiger charge is 2.13. The van der Waals surface area contributed by atoms with Gasteiger partial charge in [-0.15, -0.1) is 0 Å². The monoisotopic (exact) mass is 287 g/mol. The molecule has 4 heteroatoms. The summed E-state index contributed by atoms with van der Waals surface area (Å²) in [5.74, 6) is 0.882. The van der Waals surface area contributed by atoms with Gasteiger partial charge in [0.05, 0.1) is 18.8 Å². The van der Waals surface area contributed by atoms with Crippen LogP contribution < -0.4 is 10.5 Å². The lowest BCUT2D eigenvalue weighted by Gasteiger charge is -2.14. The lowest BCUT2D eigenvalue weighted by Crippen LogP contribution is -2.19. The maximum Gasteiger partial charge on any atom is 0.119 e. The zero-order chi connectivity index (χ0) is 15.4. The normalized spacial score (nSPS) is 12.4. The largest absolute Gasteiger partial charge is 0.494 e. The summed E-state index contributed by atoms with van der Waals surface area (Å²) in [5, 5.41) is 4.61. The Kier molecular flexibility index (Phi) is 5.02. The van der Waals surface area contributed by atoms with Gasteiger partial charge in [-0.05, 0) is 50.5 Å². The van der Waals surface area contributed by atoms with Gasteiger partial charge >= 0.3 is 0 Å². The van der Waals surface area contributed by atoms with Crippen LogP contribution in [-0.4, -0.2) is 16.4 Å². The molecule has 1 atom stereocenters. The summed E-state index contributed by atoms with van der Waals surface area (Å²) in [5.41, 5.74) is 11.1. The maximum absolute atomic E-state index is 6.32. The molecule has 0 amide bonds. The van der Waals surface area contributed by atoms with Gasteiger partial charge in [0.25, 0.3) is 0 Å². The first kappa shape index (κ1) is 15.6. The van der Waals surface area contributed by atoms with E-state index in [1.807, 2.05) is 35.9 Å². The van der Waals surface area contributed by atoms with Gasteiger partial charge in [-0.1, -0.05) is 19.1 Å². The fourth-order valence-electron chi connectivity index (χ4n) is 2.69. The first-order valence-corrected chi connectivity index (χ1v) is 7.58. The van der Waals surface area contributed by atoms with Gasteiger partial charge in [-0.3, -0.25) is 4.68 Å². The number of aryl methyl sites for hydroxylation is 1. The van der Waals surface area contributed by atoms with Crippen molar-refractivity contribution in [1.82, 2.24) is 9.78 Å². The standard InChI is InChI=1S/C17H25N3O/c1-5-16-12(3)19-20(13(16)4)11-17(18)14-7-9-15(10-8-14)21-6-2/h7-10,17H,5-6,11,18H2,1-4H3. The highest BCUT2D eigenvalue weighted by Crippen LogP contribution is 2.20. The molecule has 0 fully saturated rings. The molecule has 4 nitrogen and oxygen atoms in total. The smallest absolute Gasteiger partial charge is 0.119 e. The van der Waals surface area contributed by atoms with E-state index in [0.29, 0.717) is 13.2 Å². The number of hydrogen-bond donors (Lipinski definition) is 1. The van der Waals surface area contributed by atoms with E-state index in [-0.39, 0.29) is 6.04 Å². The second-order valence-electron chi connectivity index (χ2n) is 5.29. The Balaban J connectivity index is 2.12. The second kappa shape index (κ2) is 6.76. The number of aromatic nitrogens is 2. The summed E-state index contributed by atoms with van der Waals surface area (Å²) in [7, 11) is 0. The molecule has 2 rings (SSSR count). The van der Waals surface area contributed by atoms with Gasteiger partial charge in [0.15, 0.2) is 0 Å². The van der Waals surface area contributed by atoms with Crippen molar-refractivity contribution in [1.29, 1.82) is 0 Å². The van der Waals surface area contributed by atoms with Crippen LogP contribution in [0.2, 0.25) is 0 Å². The minimum atomic E-state index is -0.0663. The van der Waals surface area contributed by atoms with Crippen LogP contribution in [-0.2, 0) is 13.0 Å². The zero-order valence-electron chi connectivity index (χ0n) is 13.4. The summed E-state index contributed by atoms with van der Waals surface area (Å²) in [4.78, 5) is 0. The molecule has 0 aliphatic rings. The van der Waals surface area contributed by atoms with Crippen LogP contribution in [0.3, 0.4) is 0 Å². The van der Waals surface area contributed by atoms with Crippen LogP contribution in [0.25, 0.3) is 0 Å². The van der Waals surface area contributed by atoms with Crippen molar-refractivity contribution in [3.8, 4) is 5.75 Å². The molecule has 1 aromatic carbocycles. The second-order valence-corrected chi connectivity index (χ2v) is 5.29. The predicted octanol–water partition coefficient (Wildman–Crippen LogP) is 3.16. The van der Waals surface area contributed by atoms with E-state index in [1.165, 1.54) is 11.3 Å². The average molecular weight is 287 g/mol. The Morgan fingerprint density at radius 1 is 1.19 bits per heavy atom. The summed E-state index contributed by atoms with van der Waals surface area (Å²) in [6, 6.07) is 7.93. The molecule has 0 spiro atoms. The van der Waals surface area contributed by atoms with E-state index in [1.54, 1.807) is 0 Å².